The third kappa shape index (κ3) is 3.61. The van der Waals surface area contributed by atoms with Gasteiger partial charge in [0.2, 0.25) is 0 Å². The van der Waals surface area contributed by atoms with E-state index < -0.39 is 12.1 Å². The summed E-state index contributed by atoms with van der Waals surface area (Å²) >= 11 is 0. The Balaban J connectivity index is 2.51. The molecule has 0 aromatic heterocycles. The number of fused-ring (bicyclic) bond motifs is 1. The molecule has 0 saturated carbocycles. The number of aliphatic hydroxyl groups is 1. The number of nitrogens with zero attached hydrogens (tertiary/aromatic N) is 1. The number of carbonyl (C=O) groups is 1. The Morgan fingerprint density at radius 3 is 2.81 bits per heavy atom. The molecular formula is C16H21NO4. The van der Waals surface area contributed by atoms with Gasteiger partial charge in [-0.3, -0.25) is 4.99 Å². The highest BCUT2D eigenvalue weighted by atomic mass is 16.5. The minimum atomic E-state index is -0.549. The average Bonchev–Trinajstić information content (AvgIpc) is 2.42. The molecule has 5 heteroatoms. The zero-order valence-electron chi connectivity index (χ0n) is 12.8. The lowest BCUT2D eigenvalue weighted by Gasteiger charge is -2.24. The van der Waals surface area contributed by atoms with E-state index in [1.807, 2.05) is 26.8 Å². The van der Waals surface area contributed by atoms with Gasteiger partial charge in [0.1, 0.15) is 17.9 Å². The Bertz CT molecular complexity index is 572. The molecule has 2 rings (SSSR count). The van der Waals surface area contributed by atoms with Gasteiger partial charge in [-0.05, 0) is 17.0 Å². The standard InChI is InChI=1S/C16H21NO4/c1-16(2,3)9-17-12-6-5-10-7-11(18)8-21-14(10)13(12)15(19)20-4/h5-6,9,11,18H,7-8H2,1-4H3. The van der Waals surface area contributed by atoms with E-state index >= 15 is 0 Å². The van der Waals surface area contributed by atoms with Crippen LogP contribution >= 0.6 is 0 Å². The largest absolute Gasteiger partial charge is 0.490 e. The van der Waals surface area contributed by atoms with Crippen LogP contribution in [-0.4, -0.2) is 37.1 Å². The SMILES string of the molecule is COC(=O)c1c(N=CC(C)(C)C)ccc2c1OCC(O)C2. The second-order valence-electron chi connectivity index (χ2n) is 6.23. The van der Waals surface area contributed by atoms with Crippen LogP contribution in [0.15, 0.2) is 17.1 Å². The van der Waals surface area contributed by atoms with Gasteiger partial charge in [-0.1, -0.05) is 26.8 Å². The van der Waals surface area contributed by atoms with Crippen molar-refractivity contribution in [1.29, 1.82) is 0 Å². The second-order valence-corrected chi connectivity index (χ2v) is 6.23. The van der Waals surface area contributed by atoms with E-state index in [4.69, 9.17) is 9.47 Å². The Kier molecular flexibility index (Phi) is 4.32. The fraction of sp³-hybridized carbons (Fsp3) is 0.500. The van der Waals surface area contributed by atoms with Gasteiger partial charge in [0.05, 0.1) is 18.9 Å². The van der Waals surface area contributed by atoms with Crippen molar-refractivity contribution in [3.63, 3.8) is 0 Å². The number of rotatable bonds is 2. The van der Waals surface area contributed by atoms with Crippen molar-refractivity contribution in [2.45, 2.75) is 33.3 Å². The van der Waals surface area contributed by atoms with E-state index in [0.29, 0.717) is 23.4 Å². The molecule has 1 heterocycles. The van der Waals surface area contributed by atoms with Crippen molar-refractivity contribution in [1.82, 2.24) is 0 Å². The Hall–Kier alpha value is -1.88. The molecule has 0 aliphatic carbocycles. The van der Waals surface area contributed by atoms with Crippen molar-refractivity contribution in [3.05, 3.63) is 23.3 Å². The summed E-state index contributed by atoms with van der Waals surface area (Å²) in [6.07, 6.45) is 1.70. The van der Waals surface area contributed by atoms with Crippen LogP contribution in [0.1, 0.15) is 36.7 Å². The summed E-state index contributed by atoms with van der Waals surface area (Å²) in [5.74, 6) is -0.0139. The normalized spacial score (nSPS) is 18.2. The van der Waals surface area contributed by atoms with Gasteiger partial charge in [-0.25, -0.2) is 4.79 Å². The molecule has 1 aliphatic heterocycles. The van der Waals surface area contributed by atoms with Crippen LogP contribution in [0.4, 0.5) is 5.69 Å². The zero-order valence-corrected chi connectivity index (χ0v) is 12.8. The summed E-state index contributed by atoms with van der Waals surface area (Å²) in [5.41, 5.74) is 1.54. The highest BCUT2D eigenvalue weighted by Crippen LogP contribution is 2.36. The van der Waals surface area contributed by atoms with Crippen molar-refractivity contribution in [3.8, 4) is 5.75 Å². The molecule has 0 fully saturated rings. The summed E-state index contributed by atoms with van der Waals surface area (Å²) < 4.78 is 10.4. The van der Waals surface area contributed by atoms with Crippen molar-refractivity contribution in [2.24, 2.45) is 10.4 Å². The third-order valence-corrected chi connectivity index (χ3v) is 3.07. The fourth-order valence-corrected chi connectivity index (χ4v) is 2.10. The molecule has 0 spiro atoms. The Morgan fingerprint density at radius 1 is 1.48 bits per heavy atom. The van der Waals surface area contributed by atoms with Crippen molar-refractivity contribution < 1.29 is 19.4 Å². The van der Waals surface area contributed by atoms with E-state index in [1.165, 1.54) is 7.11 Å². The van der Waals surface area contributed by atoms with E-state index in [0.717, 1.165) is 5.56 Å². The topological polar surface area (TPSA) is 68.1 Å². The number of aliphatic hydroxyl groups excluding tert-OH is 1. The first-order valence-corrected chi connectivity index (χ1v) is 6.92. The Labute approximate surface area is 124 Å². The van der Waals surface area contributed by atoms with Gasteiger partial charge in [0, 0.05) is 12.6 Å². The number of aliphatic imine (C=N–C) groups is 1. The fourth-order valence-electron chi connectivity index (χ4n) is 2.10. The molecule has 5 nitrogen and oxygen atoms in total. The van der Waals surface area contributed by atoms with Crippen LogP contribution in [-0.2, 0) is 11.2 Å². The molecule has 1 aromatic rings. The molecule has 0 saturated heterocycles. The Morgan fingerprint density at radius 2 is 2.19 bits per heavy atom. The van der Waals surface area contributed by atoms with Gasteiger partial charge in [-0.2, -0.15) is 0 Å². The average molecular weight is 291 g/mol. The van der Waals surface area contributed by atoms with Gasteiger partial charge in [-0.15, -0.1) is 0 Å². The van der Waals surface area contributed by atoms with Crippen LogP contribution in [0.3, 0.4) is 0 Å². The molecule has 0 radical (unpaired) electrons. The second kappa shape index (κ2) is 5.85. The lowest BCUT2D eigenvalue weighted by Crippen LogP contribution is -2.26. The molecule has 21 heavy (non-hydrogen) atoms. The maximum absolute atomic E-state index is 12.1. The molecule has 1 aliphatic rings. The van der Waals surface area contributed by atoms with Crippen molar-refractivity contribution >= 4 is 17.9 Å². The monoisotopic (exact) mass is 291 g/mol. The van der Waals surface area contributed by atoms with Crippen LogP contribution in [0.25, 0.3) is 0 Å². The maximum atomic E-state index is 12.1. The van der Waals surface area contributed by atoms with Gasteiger partial charge >= 0.3 is 5.97 Å². The van der Waals surface area contributed by atoms with Gasteiger partial charge in [0.25, 0.3) is 0 Å². The summed E-state index contributed by atoms with van der Waals surface area (Å²) in [4.78, 5) is 16.5. The first-order valence-electron chi connectivity index (χ1n) is 6.92. The van der Waals surface area contributed by atoms with Crippen LogP contribution in [0.5, 0.6) is 5.75 Å². The van der Waals surface area contributed by atoms with Crippen LogP contribution < -0.4 is 4.74 Å². The molecular weight excluding hydrogens is 270 g/mol. The molecule has 1 atom stereocenters. The van der Waals surface area contributed by atoms with Crippen LogP contribution in [0, 0.1) is 5.41 Å². The summed E-state index contributed by atoms with van der Waals surface area (Å²) in [6, 6.07) is 3.59. The first-order chi connectivity index (χ1) is 9.81. The maximum Gasteiger partial charge on any atom is 0.343 e. The van der Waals surface area contributed by atoms with E-state index in [9.17, 15) is 9.90 Å². The summed E-state index contributed by atoms with van der Waals surface area (Å²) in [6.45, 7) is 6.25. The minimum absolute atomic E-state index is 0.0969. The molecule has 1 N–H and O–H groups in total. The first kappa shape index (κ1) is 15.5. The molecule has 1 unspecified atom stereocenters. The summed E-state index contributed by atoms with van der Waals surface area (Å²) in [5, 5.41) is 9.65. The smallest absolute Gasteiger partial charge is 0.343 e. The summed E-state index contributed by atoms with van der Waals surface area (Å²) in [7, 11) is 1.33. The van der Waals surface area contributed by atoms with E-state index in [1.54, 1.807) is 12.3 Å². The third-order valence-electron chi connectivity index (χ3n) is 3.07. The van der Waals surface area contributed by atoms with Gasteiger partial charge < -0.3 is 14.6 Å². The highest BCUT2D eigenvalue weighted by Gasteiger charge is 2.26. The number of benzene rings is 1. The number of hydrogen-bond acceptors (Lipinski definition) is 5. The predicted molar refractivity (Wildman–Crippen MR) is 80.6 cm³/mol. The minimum Gasteiger partial charge on any atom is -0.490 e. The molecule has 0 bridgehead atoms. The van der Waals surface area contributed by atoms with E-state index in [-0.39, 0.29) is 12.0 Å². The molecule has 1 aromatic carbocycles. The number of ether oxygens (including phenoxy) is 2. The number of methoxy groups -OCH3 is 1. The van der Waals surface area contributed by atoms with Crippen LogP contribution in [0.2, 0.25) is 0 Å². The predicted octanol–water partition coefficient (Wildman–Crippen LogP) is 2.52. The lowest BCUT2D eigenvalue weighted by molar-refractivity contribution is 0.0580. The number of esters is 1. The number of carbonyl (C=O) groups excluding carboxylic acids is 1. The van der Waals surface area contributed by atoms with E-state index in [2.05, 4.69) is 4.99 Å². The molecule has 114 valence electrons. The zero-order chi connectivity index (χ0) is 15.6. The molecule has 0 amide bonds. The number of hydrogen-bond donors (Lipinski definition) is 1. The van der Waals surface area contributed by atoms with Crippen molar-refractivity contribution in [2.75, 3.05) is 13.7 Å². The highest BCUT2D eigenvalue weighted by molar-refractivity contribution is 5.99. The van der Waals surface area contributed by atoms with Gasteiger partial charge in [0.15, 0.2) is 0 Å². The lowest BCUT2D eigenvalue weighted by atomic mass is 9.98. The quantitative estimate of drug-likeness (QED) is 0.671.